The number of anilines is 1. The Labute approximate surface area is 86.5 Å². The van der Waals surface area contributed by atoms with Crippen LogP contribution in [0.3, 0.4) is 0 Å². The summed E-state index contributed by atoms with van der Waals surface area (Å²) in [7, 11) is -1.64. The van der Waals surface area contributed by atoms with Crippen LogP contribution in [0.2, 0.25) is 0 Å². The van der Waals surface area contributed by atoms with Gasteiger partial charge in [0.25, 0.3) is 0 Å². The Hall–Kier alpha value is -0.550. The summed E-state index contributed by atoms with van der Waals surface area (Å²) < 4.78 is 24.4. The normalized spacial score (nSPS) is 11.3. The van der Waals surface area contributed by atoms with Gasteiger partial charge in [-0.05, 0) is 18.2 Å². The van der Waals surface area contributed by atoms with E-state index >= 15 is 0 Å². The molecule has 0 aliphatic rings. The Morgan fingerprint density at radius 1 is 1.38 bits per heavy atom. The number of hydrogen-bond donors (Lipinski definition) is 0. The molecule has 0 heterocycles. The van der Waals surface area contributed by atoms with Gasteiger partial charge in [-0.25, -0.2) is 8.42 Å². The molecule has 0 aliphatic heterocycles. The highest BCUT2D eigenvalue weighted by Gasteiger charge is 2.11. The highest BCUT2D eigenvalue weighted by atomic mass is 79.9. The van der Waals surface area contributed by atoms with Crippen LogP contribution in [-0.4, -0.2) is 21.7 Å². The van der Waals surface area contributed by atoms with Crippen molar-refractivity contribution >= 4 is 31.6 Å². The van der Waals surface area contributed by atoms with Crippen LogP contribution < -0.4 is 4.31 Å². The van der Waals surface area contributed by atoms with Gasteiger partial charge in [0.15, 0.2) is 0 Å². The summed E-state index contributed by atoms with van der Waals surface area (Å²) in [6.45, 7) is 0. The van der Waals surface area contributed by atoms with Crippen molar-refractivity contribution in [3.63, 3.8) is 0 Å². The van der Waals surface area contributed by atoms with Crippen molar-refractivity contribution in [2.45, 2.75) is 0 Å². The van der Waals surface area contributed by atoms with Crippen LogP contribution in [0.1, 0.15) is 0 Å². The molecule has 0 aromatic heterocycles. The Morgan fingerprint density at radius 3 is 2.46 bits per heavy atom. The van der Waals surface area contributed by atoms with E-state index in [9.17, 15) is 8.42 Å². The van der Waals surface area contributed by atoms with Gasteiger partial charge in [0.05, 0.1) is 11.9 Å². The van der Waals surface area contributed by atoms with Crippen molar-refractivity contribution in [1.82, 2.24) is 0 Å². The van der Waals surface area contributed by atoms with Crippen LogP contribution in [-0.2, 0) is 10.0 Å². The number of nitrogens with zero attached hydrogens (tertiary/aromatic N) is 1. The molecule has 0 amide bonds. The Morgan fingerprint density at radius 2 is 2.00 bits per heavy atom. The third kappa shape index (κ3) is 2.70. The van der Waals surface area contributed by atoms with E-state index in [0.29, 0.717) is 5.69 Å². The molecular weight excluding hydrogens is 254 g/mol. The molecule has 1 rings (SSSR count). The fourth-order valence-corrected chi connectivity index (χ4v) is 1.75. The monoisotopic (exact) mass is 263 g/mol. The smallest absolute Gasteiger partial charge is 0.231 e. The van der Waals surface area contributed by atoms with Gasteiger partial charge in [-0.1, -0.05) is 22.0 Å². The molecular formula is C8H10BrNO2S. The van der Waals surface area contributed by atoms with Crippen molar-refractivity contribution in [2.75, 3.05) is 17.6 Å². The lowest BCUT2D eigenvalue weighted by Crippen LogP contribution is -2.24. The standard InChI is InChI=1S/C8H10BrNO2S/c1-10(13(2,11)12)8-5-3-4-7(9)6-8/h3-6H,1-2H3. The molecule has 3 nitrogen and oxygen atoms in total. The Bertz CT molecular complexity index is 402. The van der Waals surface area contributed by atoms with E-state index in [-0.39, 0.29) is 0 Å². The lowest BCUT2D eigenvalue weighted by Gasteiger charge is -2.16. The van der Waals surface area contributed by atoms with Gasteiger partial charge in [0.2, 0.25) is 10.0 Å². The molecule has 5 heteroatoms. The number of sulfonamides is 1. The molecule has 0 saturated carbocycles. The zero-order valence-corrected chi connectivity index (χ0v) is 9.76. The summed E-state index contributed by atoms with van der Waals surface area (Å²) in [6, 6.07) is 7.13. The summed E-state index contributed by atoms with van der Waals surface area (Å²) in [5.41, 5.74) is 0.650. The predicted molar refractivity (Wildman–Crippen MR) is 57.4 cm³/mol. The van der Waals surface area contributed by atoms with Crippen molar-refractivity contribution in [3.8, 4) is 0 Å². The summed E-state index contributed by atoms with van der Waals surface area (Å²) in [5, 5.41) is 0. The molecule has 0 N–H and O–H groups in total. The van der Waals surface area contributed by atoms with E-state index in [0.717, 1.165) is 4.47 Å². The fraction of sp³-hybridized carbons (Fsp3) is 0.250. The highest BCUT2D eigenvalue weighted by Crippen LogP contribution is 2.20. The second kappa shape index (κ2) is 3.67. The van der Waals surface area contributed by atoms with Crippen molar-refractivity contribution in [3.05, 3.63) is 28.7 Å². The van der Waals surface area contributed by atoms with Crippen molar-refractivity contribution in [1.29, 1.82) is 0 Å². The maximum absolute atomic E-state index is 11.2. The largest absolute Gasteiger partial charge is 0.274 e. The summed E-state index contributed by atoms with van der Waals surface area (Å²) >= 11 is 3.28. The first-order valence-corrected chi connectivity index (χ1v) is 6.25. The third-order valence-electron chi connectivity index (χ3n) is 1.67. The first-order chi connectivity index (χ1) is 5.91. The van der Waals surface area contributed by atoms with E-state index in [2.05, 4.69) is 15.9 Å². The van der Waals surface area contributed by atoms with E-state index in [1.807, 2.05) is 6.07 Å². The molecule has 72 valence electrons. The lowest BCUT2D eigenvalue weighted by molar-refractivity contribution is 0.600. The summed E-state index contributed by atoms with van der Waals surface area (Å²) in [5.74, 6) is 0. The predicted octanol–water partition coefficient (Wildman–Crippen LogP) is 1.84. The minimum atomic E-state index is -3.16. The molecule has 0 unspecified atom stereocenters. The summed E-state index contributed by atoms with van der Waals surface area (Å²) in [4.78, 5) is 0. The first kappa shape index (κ1) is 10.5. The SMILES string of the molecule is CN(c1cccc(Br)c1)S(C)(=O)=O. The molecule has 0 spiro atoms. The van der Waals surface area contributed by atoms with Crippen LogP contribution in [0.4, 0.5) is 5.69 Å². The second-order valence-electron chi connectivity index (χ2n) is 2.71. The van der Waals surface area contributed by atoms with E-state index in [1.165, 1.54) is 17.6 Å². The topological polar surface area (TPSA) is 37.4 Å². The van der Waals surface area contributed by atoms with E-state index < -0.39 is 10.0 Å². The molecule has 0 aliphatic carbocycles. The van der Waals surface area contributed by atoms with Crippen LogP contribution in [0, 0.1) is 0 Å². The van der Waals surface area contributed by atoms with Crippen LogP contribution in [0.15, 0.2) is 28.7 Å². The maximum Gasteiger partial charge on any atom is 0.231 e. The molecule has 0 atom stereocenters. The second-order valence-corrected chi connectivity index (χ2v) is 5.64. The van der Waals surface area contributed by atoms with Crippen molar-refractivity contribution in [2.24, 2.45) is 0 Å². The quantitative estimate of drug-likeness (QED) is 0.817. The van der Waals surface area contributed by atoms with Gasteiger partial charge < -0.3 is 0 Å². The number of benzene rings is 1. The number of hydrogen-bond acceptors (Lipinski definition) is 2. The van der Waals surface area contributed by atoms with Crippen molar-refractivity contribution < 1.29 is 8.42 Å². The zero-order chi connectivity index (χ0) is 10.1. The maximum atomic E-state index is 11.2. The number of rotatable bonds is 2. The number of halogens is 1. The van der Waals surface area contributed by atoms with Crippen LogP contribution in [0.25, 0.3) is 0 Å². The average Bonchev–Trinajstić information content (AvgIpc) is 2.01. The average molecular weight is 264 g/mol. The first-order valence-electron chi connectivity index (χ1n) is 3.61. The van der Waals surface area contributed by atoms with Crippen LogP contribution >= 0.6 is 15.9 Å². The fourth-order valence-electron chi connectivity index (χ4n) is 0.863. The Kier molecular flexibility index (Phi) is 2.98. The van der Waals surface area contributed by atoms with Gasteiger partial charge in [0, 0.05) is 11.5 Å². The molecule has 1 aromatic rings. The molecule has 0 saturated heterocycles. The summed E-state index contributed by atoms with van der Waals surface area (Å²) in [6.07, 6.45) is 1.17. The minimum Gasteiger partial charge on any atom is -0.274 e. The molecule has 1 aromatic carbocycles. The van der Waals surface area contributed by atoms with Gasteiger partial charge in [-0.2, -0.15) is 0 Å². The van der Waals surface area contributed by atoms with Gasteiger partial charge in [-0.3, -0.25) is 4.31 Å². The van der Waals surface area contributed by atoms with Gasteiger partial charge >= 0.3 is 0 Å². The molecule has 0 fully saturated rings. The minimum absolute atomic E-state index is 0.650. The van der Waals surface area contributed by atoms with E-state index in [4.69, 9.17) is 0 Å². The molecule has 0 bridgehead atoms. The van der Waals surface area contributed by atoms with E-state index in [1.54, 1.807) is 18.2 Å². The molecule has 13 heavy (non-hydrogen) atoms. The third-order valence-corrected chi connectivity index (χ3v) is 3.37. The van der Waals surface area contributed by atoms with Crippen LogP contribution in [0.5, 0.6) is 0 Å². The zero-order valence-electron chi connectivity index (χ0n) is 7.36. The highest BCUT2D eigenvalue weighted by molar-refractivity contribution is 9.10. The van der Waals surface area contributed by atoms with Gasteiger partial charge in [-0.15, -0.1) is 0 Å². The lowest BCUT2D eigenvalue weighted by atomic mass is 10.3. The molecule has 0 radical (unpaired) electrons. The Balaban J connectivity index is 3.10. The van der Waals surface area contributed by atoms with Gasteiger partial charge in [0.1, 0.15) is 0 Å².